The van der Waals surface area contributed by atoms with Crippen molar-refractivity contribution >= 4 is 0 Å². The fraction of sp³-hybridized carbons (Fsp3) is 0.538. The van der Waals surface area contributed by atoms with Gasteiger partial charge in [-0.25, -0.2) is 0 Å². The third-order valence-electron chi connectivity index (χ3n) is 3.26. The third-order valence-corrected chi connectivity index (χ3v) is 3.26. The lowest BCUT2D eigenvalue weighted by atomic mass is 9.86. The van der Waals surface area contributed by atoms with Gasteiger partial charge in [-0.05, 0) is 12.5 Å². The van der Waals surface area contributed by atoms with Crippen LogP contribution < -0.4 is 0 Å². The predicted molar refractivity (Wildman–Crippen MR) is 61.7 cm³/mol. The SMILES string of the molecule is CCC(O)c1c(C(F)(F)F)c(C(F)(F)F)cc(C(F)(F)F)c1C(F)(F)F. The number of hydrogen-bond donors (Lipinski definition) is 1. The molecule has 0 spiro atoms. The van der Waals surface area contributed by atoms with Gasteiger partial charge in [0.15, 0.2) is 0 Å². The maximum atomic E-state index is 13.1. The molecule has 0 heterocycles. The first-order chi connectivity index (χ1) is 11.3. The van der Waals surface area contributed by atoms with E-state index in [1.807, 2.05) is 0 Å². The Kier molecular flexibility index (Phi) is 5.59. The van der Waals surface area contributed by atoms with E-state index in [1.54, 1.807) is 0 Å². The molecule has 1 atom stereocenters. The van der Waals surface area contributed by atoms with Crippen LogP contribution in [0.5, 0.6) is 0 Å². The van der Waals surface area contributed by atoms with E-state index >= 15 is 0 Å². The molecule has 0 aliphatic rings. The lowest BCUT2D eigenvalue weighted by molar-refractivity contribution is -0.173. The van der Waals surface area contributed by atoms with E-state index in [1.165, 1.54) is 0 Å². The van der Waals surface area contributed by atoms with Gasteiger partial charge in [-0.15, -0.1) is 0 Å². The summed E-state index contributed by atoms with van der Waals surface area (Å²) in [6.07, 6.45) is -28.2. The molecule has 1 nitrogen and oxygen atoms in total. The second kappa shape index (κ2) is 6.50. The van der Waals surface area contributed by atoms with Crippen LogP contribution in [0, 0.1) is 0 Å². The monoisotopic (exact) mass is 408 g/mol. The van der Waals surface area contributed by atoms with Crippen LogP contribution in [0.1, 0.15) is 47.3 Å². The largest absolute Gasteiger partial charge is 0.417 e. The van der Waals surface area contributed by atoms with Crippen molar-refractivity contribution in [1.29, 1.82) is 0 Å². The first-order valence-electron chi connectivity index (χ1n) is 6.51. The second-order valence-corrected chi connectivity index (χ2v) is 5.05. The highest BCUT2D eigenvalue weighted by molar-refractivity contribution is 5.52. The minimum absolute atomic E-state index is 0.790. The highest BCUT2D eigenvalue weighted by atomic mass is 19.4. The fourth-order valence-electron chi connectivity index (χ4n) is 2.30. The summed E-state index contributed by atoms with van der Waals surface area (Å²) in [7, 11) is 0. The van der Waals surface area contributed by atoms with Crippen molar-refractivity contribution in [2.45, 2.75) is 44.2 Å². The molecule has 0 saturated heterocycles. The lowest BCUT2D eigenvalue weighted by Gasteiger charge is -2.28. The summed E-state index contributed by atoms with van der Waals surface area (Å²) >= 11 is 0. The van der Waals surface area contributed by atoms with Gasteiger partial charge < -0.3 is 5.11 Å². The molecule has 26 heavy (non-hydrogen) atoms. The lowest BCUT2D eigenvalue weighted by Crippen LogP contribution is -2.28. The van der Waals surface area contributed by atoms with Crippen molar-refractivity contribution in [2.75, 3.05) is 0 Å². The highest BCUT2D eigenvalue weighted by Gasteiger charge is 2.54. The normalized spacial score (nSPS) is 15.3. The molecule has 1 unspecified atom stereocenters. The fourth-order valence-corrected chi connectivity index (χ4v) is 2.30. The molecule has 1 aromatic rings. The van der Waals surface area contributed by atoms with Crippen molar-refractivity contribution < 1.29 is 57.8 Å². The van der Waals surface area contributed by atoms with Gasteiger partial charge in [0.25, 0.3) is 0 Å². The molecule has 0 radical (unpaired) electrons. The topological polar surface area (TPSA) is 20.2 Å². The molecule has 0 amide bonds. The average Bonchev–Trinajstić information content (AvgIpc) is 2.40. The van der Waals surface area contributed by atoms with Gasteiger partial charge in [0, 0.05) is 5.56 Å². The van der Waals surface area contributed by atoms with Gasteiger partial charge in [-0.2, -0.15) is 52.7 Å². The summed E-state index contributed by atoms with van der Waals surface area (Å²) in [5, 5.41) is 9.46. The molecule has 1 aromatic carbocycles. The first kappa shape index (κ1) is 22.4. The van der Waals surface area contributed by atoms with Crippen LogP contribution in [0.25, 0.3) is 0 Å². The van der Waals surface area contributed by atoms with Crippen molar-refractivity contribution in [3.05, 3.63) is 33.9 Å². The highest BCUT2D eigenvalue weighted by Crippen LogP contribution is 2.52. The van der Waals surface area contributed by atoms with E-state index < -0.39 is 71.1 Å². The van der Waals surface area contributed by atoms with Crippen LogP contribution in [-0.4, -0.2) is 5.11 Å². The van der Waals surface area contributed by atoms with E-state index in [2.05, 4.69) is 0 Å². The summed E-state index contributed by atoms with van der Waals surface area (Å²) in [6, 6.07) is -1.24. The number of aliphatic hydroxyl groups excluding tert-OH is 1. The van der Waals surface area contributed by atoms with Gasteiger partial charge in [0.2, 0.25) is 0 Å². The van der Waals surface area contributed by atoms with E-state index in [0.717, 1.165) is 6.92 Å². The molecule has 150 valence electrons. The number of halogens is 12. The summed E-state index contributed by atoms with van der Waals surface area (Å²) in [4.78, 5) is 0. The molecule has 0 aromatic heterocycles. The number of alkyl halides is 12. The standard InChI is InChI=1S/C13H8F12O/c1-2-6(26)7-8(12(20,21)22)4(10(14,15)16)3-5(11(17,18)19)9(7)13(23,24)25/h3,6,26H,2H2,1H3. The maximum absolute atomic E-state index is 13.1. The van der Waals surface area contributed by atoms with E-state index in [9.17, 15) is 57.8 Å². The Morgan fingerprint density at radius 1 is 0.692 bits per heavy atom. The quantitative estimate of drug-likeness (QED) is 0.578. The Bertz CT molecular complexity index is 612. The Hall–Kier alpha value is -1.66. The van der Waals surface area contributed by atoms with E-state index in [-0.39, 0.29) is 0 Å². The number of aliphatic hydroxyl groups is 1. The van der Waals surface area contributed by atoms with Crippen LogP contribution in [0.2, 0.25) is 0 Å². The summed E-state index contributed by atoms with van der Waals surface area (Å²) in [5.74, 6) is 0. The van der Waals surface area contributed by atoms with Crippen LogP contribution in [0.15, 0.2) is 6.07 Å². The molecule has 0 fully saturated rings. The average molecular weight is 408 g/mol. The molecule has 1 N–H and O–H groups in total. The Morgan fingerprint density at radius 3 is 1.19 bits per heavy atom. The molecular formula is C13H8F12O. The summed E-state index contributed by atoms with van der Waals surface area (Å²) in [6.45, 7) is 0.790. The summed E-state index contributed by atoms with van der Waals surface area (Å²) < 4.78 is 156. The van der Waals surface area contributed by atoms with Gasteiger partial charge in [0.1, 0.15) is 0 Å². The van der Waals surface area contributed by atoms with Crippen LogP contribution >= 0.6 is 0 Å². The molecule has 0 saturated carbocycles. The predicted octanol–water partition coefficient (Wildman–Crippen LogP) is 6.21. The minimum Gasteiger partial charge on any atom is -0.388 e. The Balaban J connectivity index is 4.32. The number of rotatable bonds is 2. The second-order valence-electron chi connectivity index (χ2n) is 5.05. The molecular weight excluding hydrogens is 400 g/mol. The van der Waals surface area contributed by atoms with Gasteiger partial charge in [-0.3, -0.25) is 0 Å². The molecule has 0 aliphatic heterocycles. The van der Waals surface area contributed by atoms with E-state index in [0.29, 0.717) is 0 Å². The maximum Gasteiger partial charge on any atom is 0.417 e. The zero-order valence-corrected chi connectivity index (χ0v) is 12.3. The molecule has 1 rings (SSSR count). The Labute approximate surface area is 137 Å². The molecule has 13 heteroatoms. The zero-order valence-electron chi connectivity index (χ0n) is 12.3. The summed E-state index contributed by atoms with van der Waals surface area (Å²) in [5.41, 5.74) is -14.4. The van der Waals surface area contributed by atoms with Crippen LogP contribution in [-0.2, 0) is 24.7 Å². The zero-order chi connectivity index (χ0) is 20.9. The molecule has 0 aliphatic carbocycles. The van der Waals surface area contributed by atoms with Crippen molar-refractivity contribution in [3.8, 4) is 0 Å². The van der Waals surface area contributed by atoms with Gasteiger partial charge in [-0.1, -0.05) is 6.92 Å². The van der Waals surface area contributed by atoms with E-state index in [4.69, 9.17) is 0 Å². The van der Waals surface area contributed by atoms with Gasteiger partial charge >= 0.3 is 24.7 Å². The first-order valence-corrected chi connectivity index (χ1v) is 6.51. The Morgan fingerprint density at radius 2 is 1.00 bits per heavy atom. The molecule has 0 bridgehead atoms. The number of benzene rings is 1. The van der Waals surface area contributed by atoms with Crippen LogP contribution in [0.3, 0.4) is 0 Å². The third kappa shape index (κ3) is 4.35. The van der Waals surface area contributed by atoms with Crippen molar-refractivity contribution in [1.82, 2.24) is 0 Å². The van der Waals surface area contributed by atoms with Crippen molar-refractivity contribution in [3.63, 3.8) is 0 Å². The van der Waals surface area contributed by atoms with Crippen molar-refractivity contribution in [2.24, 2.45) is 0 Å². The van der Waals surface area contributed by atoms with Gasteiger partial charge in [0.05, 0.1) is 28.4 Å². The minimum atomic E-state index is -6.11. The van der Waals surface area contributed by atoms with Crippen LogP contribution in [0.4, 0.5) is 52.7 Å². The number of hydrogen-bond acceptors (Lipinski definition) is 1. The smallest absolute Gasteiger partial charge is 0.388 e.